The SMILES string of the molecule is Cc1ccc2nn(CC(=O)O)nc2c1. The second-order valence-electron chi connectivity index (χ2n) is 3.12. The van der Waals surface area contributed by atoms with Gasteiger partial charge in [0.15, 0.2) is 6.54 Å². The summed E-state index contributed by atoms with van der Waals surface area (Å²) < 4.78 is 0. The normalized spacial score (nSPS) is 10.6. The number of hydrogen-bond acceptors (Lipinski definition) is 3. The van der Waals surface area contributed by atoms with Crippen molar-refractivity contribution in [2.75, 3.05) is 0 Å². The van der Waals surface area contributed by atoms with E-state index >= 15 is 0 Å². The Morgan fingerprint density at radius 3 is 2.86 bits per heavy atom. The van der Waals surface area contributed by atoms with E-state index in [0.29, 0.717) is 0 Å². The number of nitrogens with zero attached hydrogens (tertiary/aromatic N) is 3. The molecule has 2 aromatic rings. The van der Waals surface area contributed by atoms with Crippen molar-refractivity contribution >= 4 is 17.0 Å². The van der Waals surface area contributed by atoms with Gasteiger partial charge in [0.05, 0.1) is 0 Å². The van der Waals surface area contributed by atoms with E-state index in [9.17, 15) is 4.79 Å². The molecule has 1 N–H and O–H groups in total. The predicted molar refractivity (Wildman–Crippen MR) is 49.9 cm³/mol. The van der Waals surface area contributed by atoms with E-state index < -0.39 is 5.97 Å². The van der Waals surface area contributed by atoms with Gasteiger partial charge < -0.3 is 5.11 Å². The molecule has 0 radical (unpaired) electrons. The van der Waals surface area contributed by atoms with E-state index in [0.717, 1.165) is 16.6 Å². The van der Waals surface area contributed by atoms with Crippen LogP contribution in [0.15, 0.2) is 18.2 Å². The molecule has 0 fully saturated rings. The van der Waals surface area contributed by atoms with Gasteiger partial charge in [-0.25, -0.2) is 0 Å². The van der Waals surface area contributed by atoms with Crippen LogP contribution in [-0.2, 0) is 11.3 Å². The number of rotatable bonds is 2. The number of carbonyl (C=O) groups is 1. The molecule has 0 amide bonds. The van der Waals surface area contributed by atoms with E-state index in [1.54, 1.807) is 0 Å². The third-order valence-electron chi connectivity index (χ3n) is 1.85. The first-order valence-corrected chi connectivity index (χ1v) is 4.18. The Kier molecular flexibility index (Phi) is 1.92. The first-order chi connectivity index (χ1) is 6.65. The second kappa shape index (κ2) is 3.10. The van der Waals surface area contributed by atoms with Crippen molar-refractivity contribution in [3.05, 3.63) is 23.8 Å². The summed E-state index contributed by atoms with van der Waals surface area (Å²) in [6.45, 7) is 1.75. The maximum atomic E-state index is 10.4. The molecule has 0 aliphatic carbocycles. The number of fused-ring (bicyclic) bond motifs is 1. The molecule has 0 unspecified atom stereocenters. The third kappa shape index (κ3) is 1.56. The van der Waals surface area contributed by atoms with Crippen molar-refractivity contribution in [1.82, 2.24) is 15.0 Å². The average Bonchev–Trinajstić information content (AvgIpc) is 2.44. The molecule has 5 heteroatoms. The van der Waals surface area contributed by atoms with E-state index in [2.05, 4.69) is 10.2 Å². The summed E-state index contributed by atoms with van der Waals surface area (Å²) in [5.74, 6) is -0.943. The Morgan fingerprint density at radius 1 is 1.43 bits per heavy atom. The Balaban J connectivity index is 2.46. The first-order valence-electron chi connectivity index (χ1n) is 4.18. The molecule has 0 bridgehead atoms. The monoisotopic (exact) mass is 191 g/mol. The molecular weight excluding hydrogens is 182 g/mol. The maximum Gasteiger partial charge on any atom is 0.327 e. The minimum atomic E-state index is -0.943. The van der Waals surface area contributed by atoms with Gasteiger partial charge in [-0.2, -0.15) is 15.0 Å². The van der Waals surface area contributed by atoms with E-state index in [1.807, 2.05) is 25.1 Å². The molecular formula is C9H9N3O2. The van der Waals surface area contributed by atoms with Gasteiger partial charge in [0, 0.05) is 0 Å². The van der Waals surface area contributed by atoms with Crippen LogP contribution >= 0.6 is 0 Å². The highest BCUT2D eigenvalue weighted by atomic mass is 16.4. The van der Waals surface area contributed by atoms with Gasteiger partial charge in [0.25, 0.3) is 0 Å². The fourth-order valence-electron chi connectivity index (χ4n) is 1.26. The van der Waals surface area contributed by atoms with Crippen molar-refractivity contribution in [3.63, 3.8) is 0 Å². The fraction of sp³-hybridized carbons (Fsp3) is 0.222. The van der Waals surface area contributed by atoms with Crippen molar-refractivity contribution in [2.45, 2.75) is 13.5 Å². The highest BCUT2D eigenvalue weighted by Crippen LogP contribution is 2.10. The molecule has 0 saturated heterocycles. The minimum absolute atomic E-state index is 0.201. The van der Waals surface area contributed by atoms with Crippen LogP contribution in [0, 0.1) is 6.92 Å². The fourth-order valence-corrected chi connectivity index (χ4v) is 1.26. The van der Waals surface area contributed by atoms with Gasteiger partial charge in [0.2, 0.25) is 0 Å². The summed E-state index contributed by atoms with van der Waals surface area (Å²) in [4.78, 5) is 11.6. The summed E-state index contributed by atoms with van der Waals surface area (Å²) in [6, 6.07) is 5.62. The lowest BCUT2D eigenvalue weighted by Gasteiger charge is -1.90. The molecule has 14 heavy (non-hydrogen) atoms. The van der Waals surface area contributed by atoms with Crippen molar-refractivity contribution in [2.24, 2.45) is 0 Å². The highest BCUT2D eigenvalue weighted by molar-refractivity contribution is 5.74. The summed E-state index contributed by atoms with van der Waals surface area (Å²) in [5.41, 5.74) is 2.53. The van der Waals surface area contributed by atoms with Crippen LogP contribution in [-0.4, -0.2) is 26.1 Å². The average molecular weight is 191 g/mol. The van der Waals surface area contributed by atoms with Gasteiger partial charge in [-0.05, 0) is 24.6 Å². The van der Waals surface area contributed by atoms with Crippen LogP contribution in [0.5, 0.6) is 0 Å². The van der Waals surface area contributed by atoms with Gasteiger partial charge in [0.1, 0.15) is 11.0 Å². The van der Waals surface area contributed by atoms with Crippen LogP contribution < -0.4 is 0 Å². The van der Waals surface area contributed by atoms with Crippen LogP contribution in [0.3, 0.4) is 0 Å². The molecule has 0 saturated carbocycles. The highest BCUT2D eigenvalue weighted by Gasteiger charge is 2.05. The molecule has 2 rings (SSSR count). The zero-order chi connectivity index (χ0) is 10.1. The summed E-state index contributed by atoms with van der Waals surface area (Å²) in [7, 11) is 0. The van der Waals surface area contributed by atoms with Gasteiger partial charge in [-0.1, -0.05) is 6.07 Å². The zero-order valence-corrected chi connectivity index (χ0v) is 7.64. The van der Waals surface area contributed by atoms with Gasteiger partial charge >= 0.3 is 5.97 Å². The van der Waals surface area contributed by atoms with Crippen LogP contribution in [0.1, 0.15) is 5.56 Å². The Labute approximate surface area is 80.0 Å². The molecule has 1 aromatic heterocycles. The summed E-state index contributed by atoms with van der Waals surface area (Å²) in [5, 5.41) is 16.6. The number of aliphatic carboxylic acids is 1. The standard InChI is InChI=1S/C9H9N3O2/c1-6-2-3-7-8(4-6)11-12(10-7)5-9(13)14/h2-4H,5H2,1H3,(H,13,14). The lowest BCUT2D eigenvalue weighted by atomic mass is 10.2. The van der Waals surface area contributed by atoms with E-state index in [1.165, 1.54) is 4.80 Å². The lowest BCUT2D eigenvalue weighted by molar-refractivity contribution is -0.138. The van der Waals surface area contributed by atoms with Crippen molar-refractivity contribution in [1.29, 1.82) is 0 Å². The number of aryl methyl sites for hydroxylation is 1. The van der Waals surface area contributed by atoms with E-state index in [4.69, 9.17) is 5.11 Å². The number of carboxylic acid groups (broad SMARTS) is 1. The molecule has 1 aromatic carbocycles. The quantitative estimate of drug-likeness (QED) is 0.763. The second-order valence-corrected chi connectivity index (χ2v) is 3.12. The molecule has 0 aliphatic rings. The largest absolute Gasteiger partial charge is 0.480 e. The maximum absolute atomic E-state index is 10.4. The van der Waals surface area contributed by atoms with E-state index in [-0.39, 0.29) is 6.54 Å². The lowest BCUT2D eigenvalue weighted by Crippen LogP contribution is -2.11. The third-order valence-corrected chi connectivity index (χ3v) is 1.85. The number of hydrogen-bond donors (Lipinski definition) is 1. The van der Waals surface area contributed by atoms with Crippen LogP contribution in [0.2, 0.25) is 0 Å². The molecule has 0 atom stereocenters. The molecule has 1 heterocycles. The van der Waals surface area contributed by atoms with Crippen LogP contribution in [0.4, 0.5) is 0 Å². The molecule has 0 aliphatic heterocycles. The van der Waals surface area contributed by atoms with Gasteiger partial charge in [-0.15, -0.1) is 0 Å². The van der Waals surface area contributed by atoms with Gasteiger partial charge in [-0.3, -0.25) is 4.79 Å². The van der Waals surface area contributed by atoms with Crippen molar-refractivity contribution < 1.29 is 9.90 Å². The number of benzene rings is 1. The summed E-state index contributed by atoms with van der Waals surface area (Å²) >= 11 is 0. The minimum Gasteiger partial charge on any atom is -0.480 e. The van der Waals surface area contributed by atoms with Crippen molar-refractivity contribution in [3.8, 4) is 0 Å². The zero-order valence-electron chi connectivity index (χ0n) is 7.64. The Morgan fingerprint density at radius 2 is 2.14 bits per heavy atom. The number of aromatic nitrogens is 3. The predicted octanol–water partition coefficient (Wildman–Crippen LogP) is 0.824. The number of carboxylic acids is 1. The van der Waals surface area contributed by atoms with Crippen LogP contribution in [0.25, 0.3) is 11.0 Å². The first kappa shape index (κ1) is 8.68. The molecule has 0 spiro atoms. The smallest absolute Gasteiger partial charge is 0.327 e. The summed E-state index contributed by atoms with van der Waals surface area (Å²) in [6.07, 6.45) is 0. The molecule has 72 valence electrons. The Bertz CT molecular complexity index is 490. The molecule has 5 nitrogen and oxygen atoms in total. The Hall–Kier alpha value is -1.91. The topological polar surface area (TPSA) is 68.0 Å².